The second-order valence-corrected chi connectivity index (χ2v) is 4.05. The molecule has 1 fully saturated rings. The monoisotopic (exact) mass is 223 g/mol. The predicted octanol–water partition coefficient (Wildman–Crippen LogP) is -0.334. The summed E-state index contributed by atoms with van der Waals surface area (Å²) in [5.41, 5.74) is 0.934. The number of nitrogens with zero attached hydrogens (tertiary/aromatic N) is 3. The summed E-state index contributed by atoms with van der Waals surface area (Å²) in [6, 6.07) is 0.677. The van der Waals surface area contributed by atoms with Crippen LogP contribution in [0.3, 0.4) is 0 Å². The van der Waals surface area contributed by atoms with E-state index in [1.807, 2.05) is 6.20 Å². The fraction of sp³-hybridized carbons (Fsp3) is 0.700. The van der Waals surface area contributed by atoms with Crippen molar-refractivity contribution in [2.45, 2.75) is 38.4 Å². The van der Waals surface area contributed by atoms with Gasteiger partial charge in [-0.1, -0.05) is 5.21 Å². The summed E-state index contributed by atoms with van der Waals surface area (Å²) in [4.78, 5) is 11.0. The fourth-order valence-electron chi connectivity index (χ4n) is 1.41. The first-order valence-electron chi connectivity index (χ1n) is 5.61. The third kappa shape index (κ3) is 3.30. The van der Waals surface area contributed by atoms with Crippen LogP contribution in [0.25, 0.3) is 0 Å². The quantitative estimate of drug-likeness (QED) is 0.692. The van der Waals surface area contributed by atoms with Crippen molar-refractivity contribution in [1.29, 1.82) is 0 Å². The minimum absolute atomic E-state index is 0.0214. The molecule has 16 heavy (non-hydrogen) atoms. The number of carbonyl (C=O) groups is 1. The topological polar surface area (TPSA) is 71.8 Å². The first kappa shape index (κ1) is 11.1. The number of carbonyl (C=O) groups excluding carboxylic acids is 1. The van der Waals surface area contributed by atoms with Gasteiger partial charge in [-0.05, 0) is 12.8 Å². The van der Waals surface area contributed by atoms with Crippen LogP contribution >= 0.6 is 0 Å². The Labute approximate surface area is 94.4 Å². The van der Waals surface area contributed by atoms with Crippen LogP contribution in [0.2, 0.25) is 0 Å². The maximum Gasteiger partial charge on any atom is 0.221 e. The van der Waals surface area contributed by atoms with Crippen LogP contribution in [0, 0.1) is 0 Å². The van der Waals surface area contributed by atoms with Crippen molar-refractivity contribution in [2.75, 3.05) is 7.05 Å². The Hall–Kier alpha value is -1.43. The van der Waals surface area contributed by atoms with Gasteiger partial charge in [0, 0.05) is 32.3 Å². The van der Waals surface area contributed by atoms with Crippen molar-refractivity contribution in [3.63, 3.8) is 0 Å². The fourth-order valence-corrected chi connectivity index (χ4v) is 1.41. The van der Waals surface area contributed by atoms with Crippen molar-refractivity contribution in [3.8, 4) is 0 Å². The van der Waals surface area contributed by atoms with Gasteiger partial charge in [-0.3, -0.25) is 9.48 Å². The molecule has 1 aliphatic rings. The largest absolute Gasteiger partial charge is 0.359 e. The van der Waals surface area contributed by atoms with Gasteiger partial charge in [-0.15, -0.1) is 5.10 Å². The summed E-state index contributed by atoms with van der Waals surface area (Å²) < 4.78 is 1.71. The Bertz CT molecular complexity index is 358. The molecular formula is C10H17N5O. The number of hydrogen-bond acceptors (Lipinski definition) is 4. The minimum Gasteiger partial charge on any atom is -0.359 e. The van der Waals surface area contributed by atoms with E-state index in [1.54, 1.807) is 11.7 Å². The molecule has 1 aliphatic carbocycles. The Kier molecular flexibility index (Phi) is 3.51. The van der Waals surface area contributed by atoms with E-state index in [4.69, 9.17) is 0 Å². The lowest BCUT2D eigenvalue weighted by Gasteiger charge is -1.99. The summed E-state index contributed by atoms with van der Waals surface area (Å²) in [6.07, 6.45) is 4.86. The van der Waals surface area contributed by atoms with E-state index in [2.05, 4.69) is 20.9 Å². The van der Waals surface area contributed by atoms with Gasteiger partial charge >= 0.3 is 0 Å². The SMILES string of the molecule is CNC(=O)CCn1cc(CNC2CC2)nn1. The maximum atomic E-state index is 11.0. The number of aromatic nitrogens is 3. The molecule has 1 aromatic rings. The van der Waals surface area contributed by atoms with Crippen molar-refractivity contribution in [2.24, 2.45) is 0 Å². The molecule has 0 bridgehead atoms. The number of amides is 1. The maximum absolute atomic E-state index is 11.0. The molecule has 0 atom stereocenters. The Morgan fingerprint density at radius 1 is 1.62 bits per heavy atom. The smallest absolute Gasteiger partial charge is 0.221 e. The summed E-state index contributed by atoms with van der Waals surface area (Å²) in [5.74, 6) is 0.0214. The standard InChI is InChI=1S/C10H17N5O/c1-11-10(16)4-5-15-7-9(13-14-15)6-12-8-2-3-8/h7-8,12H,2-6H2,1H3,(H,11,16). The Morgan fingerprint density at radius 2 is 2.44 bits per heavy atom. The Morgan fingerprint density at radius 3 is 3.12 bits per heavy atom. The van der Waals surface area contributed by atoms with E-state index in [0.717, 1.165) is 12.2 Å². The lowest BCUT2D eigenvalue weighted by atomic mass is 10.4. The summed E-state index contributed by atoms with van der Waals surface area (Å²) in [6.45, 7) is 1.35. The third-order valence-corrected chi connectivity index (χ3v) is 2.58. The highest BCUT2D eigenvalue weighted by Gasteiger charge is 2.20. The van der Waals surface area contributed by atoms with Gasteiger partial charge in [0.1, 0.15) is 0 Å². The molecule has 1 saturated carbocycles. The molecule has 0 unspecified atom stereocenters. The first-order valence-corrected chi connectivity index (χ1v) is 5.61. The molecule has 0 radical (unpaired) electrons. The molecule has 1 amide bonds. The highest BCUT2D eigenvalue weighted by molar-refractivity contribution is 5.75. The van der Waals surface area contributed by atoms with Gasteiger partial charge in [-0.25, -0.2) is 0 Å². The molecule has 0 saturated heterocycles. The van der Waals surface area contributed by atoms with Gasteiger partial charge < -0.3 is 10.6 Å². The van der Waals surface area contributed by atoms with E-state index in [1.165, 1.54) is 12.8 Å². The number of nitrogens with one attached hydrogen (secondary N) is 2. The zero-order valence-electron chi connectivity index (χ0n) is 9.44. The van der Waals surface area contributed by atoms with Crippen molar-refractivity contribution in [1.82, 2.24) is 25.6 Å². The lowest BCUT2D eigenvalue weighted by molar-refractivity contribution is -0.120. The second-order valence-electron chi connectivity index (χ2n) is 4.05. The summed E-state index contributed by atoms with van der Waals surface area (Å²) in [7, 11) is 1.63. The van der Waals surface area contributed by atoms with E-state index in [0.29, 0.717) is 19.0 Å². The van der Waals surface area contributed by atoms with Gasteiger partial charge in [-0.2, -0.15) is 0 Å². The summed E-state index contributed by atoms with van der Waals surface area (Å²) >= 11 is 0. The highest BCUT2D eigenvalue weighted by atomic mass is 16.1. The van der Waals surface area contributed by atoms with Crippen LogP contribution < -0.4 is 10.6 Å². The number of rotatable bonds is 6. The molecule has 6 nitrogen and oxygen atoms in total. The van der Waals surface area contributed by atoms with Gasteiger partial charge in [0.25, 0.3) is 0 Å². The molecular weight excluding hydrogens is 206 g/mol. The van der Waals surface area contributed by atoms with Crippen molar-refractivity contribution >= 4 is 5.91 Å². The molecule has 6 heteroatoms. The normalized spacial score (nSPS) is 15.1. The van der Waals surface area contributed by atoms with Crippen LogP contribution in [-0.2, 0) is 17.9 Å². The zero-order valence-corrected chi connectivity index (χ0v) is 9.44. The number of hydrogen-bond donors (Lipinski definition) is 2. The minimum atomic E-state index is 0.0214. The molecule has 2 N–H and O–H groups in total. The van der Waals surface area contributed by atoms with E-state index < -0.39 is 0 Å². The second kappa shape index (κ2) is 5.07. The van der Waals surface area contributed by atoms with E-state index in [-0.39, 0.29) is 5.91 Å². The van der Waals surface area contributed by atoms with Crippen LogP contribution in [0.1, 0.15) is 25.0 Å². The first-order chi connectivity index (χ1) is 7.78. The third-order valence-electron chi connectivity index (χ3n) is 2.58. The molecule has 0 spiro atoms. The molecule has 0 aliphatic heterocycles. The molecule has 0 aromatic carbocycles. The van der Waals surface area contributed by atoms with Crippen LogP contribution in [0.4, 0.5) is 0 Å². The van der Waals surface area contributed by atoms with Gasteiger partial charge in [0.2, 0.25) is 5.91 Å². The predicted molar refractivity (Wildman–Crippen MR) is 58.6 cm³/mol. The highest BCUT2D eigenvalue weighted by Crippen LogP contribution is 2.18. The zero-order chi connectivity index (χ0) is 11.4. The average molecular weight is 223 g/mol. The lowest BCUT2D eigenvalue weighted by Crippen LogP contribution is -2.19. The van der Waals surface area contributed by atoms with E-state index >= 15 is 0 Å². The van der Waals surface area contributed by atoms with Crippen LogP contribution in [0.5, 0.6) is 0 Å². The van der Waals surface area contributed by atoms with Gasteiger partial charge in [0.15, 0.2) is 0 Å². The van der Waals surface area contributed by atoms with Crippen LogP contribution in [0.15, 0.2) is 6.20 Å². The Balaban J connectivity index is 1.74. The molecule has 1 heterocycles. The molecule has 1 aromatic heterocycles. The summed E-state index contributed by atoms with van der Waals surface area (Å²) in [5, 5.41) is 14.0. The number of aryl methyl sites for hydroxylation is 1. The van der Waals surface area contributed by atoms with Crippen LogP contribution in [-0.4, -0.2) is 34.0 Å². The van der Waals surface area contributed by atoms with Crippen molar-refractivity contribution in [3.05, 3.63) is 11.9 Å². The average Bonchev–Trinajstić information content (AvgIpc) is 3.02. The van der Waals surface area contributed by atoms with Gasteiger partial charge in [0.05, 0.1) is 12.2 Å². The van der Waals surface area contributed by atoms with E-state index in [9.17, 15) is 4.79 Å². The molecule has 88 valence electrons. The van der Waals surface area contributed by atoms with Crippen molar-refractivity contribution < 1.29 is 4.79 Å². The molecule has 2 rings (SSSR count).